The number of aromatic nitrogens is 1. The number of para-hydroxylation sites is 1. The summed E-state index contributed by atoms with van der Waals surface area (Å²) in [5.74, 6) is 2.86. The van der Waals surface area contributed by atoms with E-state index in [1.807, 2.05) is 55.1 Å². The zero-order chi connectivity index (χ0) is 21.7. The van der Waals surface area contributed by atoms with E-state index in [0.29, 0.717) is 12.4 Å². The molecule has 0 radical (unpaired) electrons. The first-order valence-electron chi connectivity index (χ1n) is 10.3. The molecule has 1 fully saturated rings. The zero-order valence-corrected chi connectivity index (χ0v) is 19.1. The van der Waals surface area contributed by atoms with Crippen LogP contribution < -0.4 is 4.74 Å². The normalized spacial score (nSPS) is 14.8. The van der Waals surface area contributed by atoms with E-state index in [1.54, 1.807) is 30.3 Å². The van der Waals surface area contributed by atoms with Gasteiger partial charge in [0.25, 0.3) is 0 Å². The molecule has 0 bridgehead atoms. The Morgan fingerprint density at radius 3 is 2.58 bits per heavy atom. The molecule has 0 spiro atoms. The summed E-state index contributed by atoms with van der Waals surface area (Å²) in [6, 6.07) is 16.6. The highest BCUT2D eigenvalue weighted by Crippen LogP contribution is 2.24. The fourth-order valence-electron chi connectivity index (χ4n) is 3.56. The minimum absolute atomic E-state index is 0.263. The SMILES string of the molecule is Cc1cc(COc2ccc(S(=O)(=O)/C=C\C=C3CCSCC3)cc2)c2ccccc2n1. The smallest absolute Gasteiger partial charge is 0.199 e. The number of thioether (sulfide) groups is 1. The van der Waals surface area contributed by atoms with Crippen LogP contribution in [0.5, 0.6) is 5.75 Å². The lowest BCUT2D eigenvalue weighted by atomic mass is 10.1. The lowest BCUT2D eigenvalue weighted by Crippen LogP contribution is -2.00. The monoisotopic (exact) mass is 451 g/mol. The number of pyridine rings is 1. The summed E-state index contributed by atoms with van der Waals surface area (Å²) in [4.78, 5) is 4.81. The summed E-state index contributed by atoms with van der Waals surface area (Å²) in [6.45, 7) is 2.36. The maximum Gasteiger partial charge on any atom is 0.199 e. The van der Waals surface area contributed by atoms with Crippen molar-refractivity contribution in [2.75, 3.05) is 11.5 Å². The average Bonchev–Trinajstić information content (AvgIpc) is 2.78. The van der Waals surface area contributed by atoms with Crippen LogP contribution >= 0.6 is 11.8 Å². The van der Waals surface area contributed by atoms with Crippen LogP contribution in [0, 0.1) is 6.92 Å². The van der Waals surface area contributed by atoms with Gasteiger partial charge in [0.2, 0.25) is 0 Å². The molecule has 6 heteroatoms. The summed E-state index contributed by atoms with van der Waals surface area (Å²) in [7, 11) is -3.47. The van der Waals surface area contributed by atoms with Gasteiger partial charge in [-0.15, -0.1) is 0 Å². The number of sulfone groups is 1. The van der Waals surface area contributed by atoms with Gasteiger partial charge in [-0.25, -0.2) is 8.42 Å². The van der Waals surface area contributed by atoms with Crippen molar-refractivity contribution in [2.45, 2.75) is 31.3 Å². The van der Waals surface area contributed by atoms with E-state index in [1.165, 1.54) is 11.0 Å². The standard InChI is InChI=1S/C25H25NO3S2/c1-19-17-21(24-6-2-3-7-25(24)26-19)18-29-22-8-10-23(11-9-22)31(27,28)16-4-5-20-12-14-30-15-13-20/h2-11,16-17H,12-15,18H2,1H3/b16-4-. The molecular formula is C25H25NO3S2. The van der Waals surface area contributed by atoms with Crippen molar-refractivity contribution >= 4 is 32.5 Å². The Morgan fingerprint density at radius 2 is 1.81 bits per heavy atom. The van der Waals surface area contributed by atoms with Crippen LogP contribution in [0.1, 0.15) is 24.1 Å². The highest BCUT2D eigenvalue weighted by Gasteiger charge is 2.11. The molecule has 0 N–H and O–H groups in total. The van der Waals surface area contributed by atoms with Crippen LogP contribution in [-0.2, 0) is 16.4 Å². The highest BCUT2D eigenvalue weighted by atomic mass is 32.2. The molecule has 160 valence electrons. The van der Waals surface area contributed by atoms with Gasteiger partial charge in [0, 0.05) is 22.1 Å². The number of rotatable bonds is 6. The Morgan fingerprint density at radius 1 is 1.06 bits per heavy atom. The van der Waals surface area contributed by atoms with Crippen LogP contribution in [0.15, 0.2) is 82.6 Å². The van der Waals surface area contributed by atoms with Crippen molar-refractivity contribution < 1.29 is 13.2 Å². The van der Waals surface area contributed by atoms with Crippen LogP contribution in [0.2, 0.25) is 0 Å². The lowest BCUT2D eigenvalue weighted by Gasteiger charge is -2.12. The Balaban J connectivity index is 1.44. The molecular weight excluding hydrogens is 426 g/mol. The predicted molar refractivity (Wildman–Crippen MR) is 128 cm³/mol. The molecule has 0 amide bonds. The zero-order valence-electron chi connectivity index (χ0n) is 17.5. The largest absolute Gasteiger partial charge is 0.489 e. The quantitative estimate of drug-likeness (QED) is 0.470. The fourth-order valence-corrected chi connectivity index (χ4v) is 5.53. The number of hydrogen-bond donors (Lipinski definition) is 0. The molecule has 0 aliphatic carbocycles. The first kappa shape index (κ1) is 21.7. The maximum absolute atomic E-state index is 12.6. The van der Waals surface area contributed by atoms with E-state index < -0.39 is 9.84 Å². The van der Waals surface area contributed by atoms with E-state index >= 15 is 0 Å². The van der Waals surface area contributed by atoms with Gasteiger partial charge >= 0.3 is 0 Å². The summed E-state index contributed by atoms with van der Waals surface area (Å²) in [6.07, 6.45) is 5.67. The van der Waals surface area contributed by atoms with Gasteiger partial charge < -0.3 is 4.74 Å². The maximum atomic E-state index is 12.6. The third-order valence-corrected chi connectivity index (χ3v) is 7.63. The average molecular weight is 452 g/mol. The van der Waals surface area contributed by atoms with Gasteiger partial charge in [-0.3, -0.25) is 4.98 Å². The molecule has 1 aromatic heterocycles. The molecule has 2 heterocycles. The highest BCUT2D eigenvalue weighted by molar-refractivity contribution is 7.99. The van der Waals surface area contributed by atoms with E-state index in [4.69, 9.17) is 4.74 Å². The van der Waals surface area contributed by atoms with Gasteiger partial charge in [-0.2, -0.15) is 11.8 Å². The number of hydrogen-bond acceptors (Lipinski definition) is 5. The topological polar surface area (TPSA) is 56.3 Å². The van der Waals surface area contributed by atoms with Gasteiger partial charge in [-0.05, 0) is 67.7 Å². The summed E-state index contributed by atoms with van der Waals surface area (Å²) < 4.78 is 31.1. The third kappa shape index (κ3) is 5.57. The van der Waals surface area contributed by atoms with E-state index in [-0.39, 0.29) is 4.90 Å². The van der Waals surface area contributed by atoms with Crippen molar-refractivity contribution in [3.8, 4) is 5.75 Å². The van der Waals surface area contributed by atoms with Gasteiger partial charge in [0.15, 0.2) is 9.84 Å². The summed E-state index contributed by atoms with van der Waals surface area (Å²) >= 11 is 1.94. The van der Waals surface area contributed by atoms with Crippen molar-refractivity contribution in [3.05, 3.63) is 89.0 Å². The molecule has 2 aromatic carbocycles. The summed E-state index contributed by atoms with van der Waals surface area (Å²) in [5.41, 5.74) is 4.24. The molecule has 4 rings (SSSR count). The molecule has 0 saturated carbocycles. The van der Waals surface area contributed by atoms with Crippen molar-refractivity contribution in [1.29, 1.82) is 0 Å². The van der Waals surface area contributed by atoms with Gasteiger partial charge in [0.1, 0.15) is 12.4 Å². The van der Waals surface area contributed by atoms with Crippen LogP contribution in [0.4, 0.5) is 0 Å². The Labute approximate surface area is 188 Å². The fraction of sp³-hybridized carbons (Fsp3) is 0.240. The molecule has 0 atom stereocenters. The second kappa shape index (κ2) is 9.71. The number of fused-ring (bicyclic) bond motifs is 1. The second-order valence-corrected chi connectivity index (χ2v) is 10.6. The molecule has 1 saturated heterocycles. The van der Waals surface area contributed by atoms with Crippen LogP contribution in [0.25, 0.3) is 10.9 Å². The Hall–Kier alpha value is -2.57. The van der Waals surface area contributed by atoms with Gasteiger partial charge in [-0.1, -0.05) is 35.9 Å². The van der Waals surface area contributed by atoms with Crippen molar-refractivity contribution in [2.24, 2.45) is 0 Å². The van der Waals surface area contributed by atoms with Gasteiger partial charge in [0.05, 0.1) is 10.4 Å². The number of ether oxygens (including phenoxy) is 1. The molecule has 3 aromatic rings. The molecule has 31 heavy (non-hydrogen) atoms. The van der Waals surface area contributed by atoms with E-state index in [2.05, 4.69) is 4.98 Å². The van der Waals surface area contributed by atoms with Crippen LogP contribution in [0.3, 0.4) is 0 Å². The molecule has 4 nitrogen and oxygen atoms in total. The molecule has 1 aliphatic heterocycles. The minimum Gasteiger partial charge on any atom is -0.489 e. The number of allylic oxidation sites excluding steroid dienone is 3. The third-order valence-electron chi connectivity index (χ3n) is 5.20. The first-order valence-corrected chi connectivity index (χ1v) is 13.0. The van der Waals surface area contributed by atoms with Crippen molar-refractivity contribution in [1.82, 2.24) is 4.98 Å². The number of aryl methyl sites for hydroxylation is 1. The molecule has 1 aliphatic rings. The first-order chi connectivity index (χ1) is 15.0. The second-order valence-electron chi connectivity index (χ2n) is 7.51. The summed E-state index contributed by atoms with van der Waals surface area (Å²) in [5, 5.41) is 2.34. The lowest BCUT2D eigenvalue weighted by molar-refractivity contribution is 0.307. The Bertz CT molecular complexity index is 1220. The number of nitrogens with zero attached hydrogens (tertiary/aromatic N) is 1. The Kier molecular flexibility index (Phi) is 6.78. The minimum atomic E-state index is -3.47. The van der Waals surface area contributed by atoms with Crippen LogP contribution in [-0.4, -0.2) is 24.9 Å². The number of benzene rings is 2. The van der Waals surface area contributed by atoms with Crippen molar-refractivity contribution in [3.63, 3.8) is 0 Å². The van der Waals surface area contributed by atoms with E-state index in [9.17, 15) is 8.42 Å². The van der Waals surface area contributed by atoms with E-state index in [0.717, 1.165) is 46.5 Å². The predicted octanol–water partition coefficient (Wildman–Crippen LogP) is 5.86. The molecule has 0 unspecified atom stereocenters.